The van der Waals surface area contributed by atoms with Gasteiger partial charge in [-0.05, 0) is 31.0 Å². The average molecular weight is 430 g/mol. The second-order valence-electron chi connectivity index (χ2n) is 6.32. The molecule has 0 aliphatic heterocycles. The van der Waals surface area contributed by atoms with Gasteiger partial charge in [0.15, 0.2) is 11.5 Å². The Hall–Kier alpha value is -2.97. The maximum atomic E-state index is 13.4. The van der Waals surface area contributed by atoms with E-state index in [1.54, 1.807) is 18.2 Å². The number of nitrogens with zero attached hydrogens (tertiary/aromatic N) is 3. The zero-order valence-corrected chi connectivity index (χ0v) is 16.9. The maximum absolute atomic E-state index is 13.4. The molecule has 0 atom stereocenters. The molecular formula is C20H16ClN3O4S. The fourth-order valence-corrected chi connectivity index (χ4v) is 4.80. The number of aromatic nitrogens is 3. The van der Waals surface area contributed by atoms with Crippen molar-refractivity contribution < 1.29 is 17.9 Å². The summed E-state index contributed by atoms with van der Waals surface area (Å²) in [7, 11) is -2.97. The minimum absolute atomic E-state index is 0.00992. The van der Waals surface area contributed by atoms with E-state index in [1.165, 1.54) is 25.3 Å². The number of esters is 1. The lowest BCUT2D eigenvalue weighted by molar-refractivity contribution is 0.0593. The highest BCUT2D eigenvalue weighted by molar-refractivity contribution is 7.90. The lowest BCUT2D eigenvalue weighted by Gasteiger charge is -2.11. The first-order chi connectivity index (χ1) is 13.9. The van der Waals surface area contributed by atoms with Gasteiger partial charge in [0.25, 0.3) is 10.0 Å². The zero-order valence-electron chi connectivity index (χ0n) is 15.4. The second-order valence-corrected chi connectivity index (χ2v) is 8.46. The number of benzene rings is 1. The molecule has 29 heavy (non-hydrogen) atoms. The summed E-state index contributed by atoms with van der Waals surface area (Å²) in [5.41, 5.74) is 0.557. The highest BCUT2D eigenvalue weighted by atomic mass is 35.5. The van der Waals surface area contributed by atoms with Crippen LogP contribution in [0.1, 0.15) is 29.2 Å². The van der Waals surface area contributed by atoms with E-state index in [-0.39, 0.29) is 32.6 Å². The van der Waals surface area contributed by atoms with Crippen molar-refractivity contribution in [1.82, 2.24) is 13.9 Å². The largest absolute Gasteiger partial charge is 0.464 e. The quantitative estimate of drug-likeness (QED) is 0.462. The summed E-state index contributed by atoms with van der Waals surface area (Å²) in [6.07, 6.45) is 7.53. The SMILES string of the molecule is COC(=O)c1cc2c(Cl)nc(C3=CCCC=C3)nc2n1S(=O)(=O)c1ccccc1. The van der Waals surface area contributed by atoms with Gasteiger partial charge < -0.3 is 4.74 Å². The molecule has 2 heterocycles. The Morgan fingerprint density at radius 3 is 2.59 bits per heavy atom. The molecule has 3 aromatic rings. The van der Waals surface area contributed by atoms with Crippen LogP contribution in [0.15, 0.2) is 59.5 Å². The van der Waals surface area contributed by atoms with Crippen molar-refractivity contribution >= 4 is 44.2 Å². The van der Waals surface area contributed by atoms with Gasteiger partial charge in [-0.15, -0.1) is 0 Å². The van der Waals surface area contributed by atoms with Crippen LogP contribution in [0.5, 0.6) is 0 Å². The van der Waals surface area contributed by atoms with Crippen molar-refractivity contribution in [2.24, 2.45) is 0 Å². The molecule has 0 bridgehead atoms. The van der Waals surface area contributed by atoms with Gasteiger partial charge in [-0.1, -0.05) is 48.0 Å². The molecule has 148 valence electrons. The standard InChI is InChI=1S/C20H16ClN3O4S/c1-28-20(25)16-12-15-17(21)22-18(13-8-4-2-5-9-13)23-19(15)24(16)29(26,27)14-10-6-3-7-11-14/h3-4,6-12H,2,5H2,1H3. The number of halogens is 1. The van der Waals surface area contributed by atoms with E-state index in [0.717, 1.165) is 22.4 Å². The van der Waals surface area contributed by atoms with Gasteiger partial charge in [0, 0.05) is 5.57 Å². The van der Waals surface area contributed by atoms with Gasteiger partial charge in [0.05, 0.1) is 17.4 Å². The number of hydrogen-bond acceptors (Lipinski definition) is 6. The molecule has 1 aromatic carbocycles. The van der Waals surface area contributed by atoms with Gasteiger partial charge >= 0.3 is 5.97 Å². The summed E-state index contributed by atoms with van der Waals surface area (Å²) in [6.45, 7) is 0. The number of fused-ring (bicyclic) bond motifs is 1. The number of rotatable bonds is 4. The average Bonchev–Trinajstić information content (AvgIpc) is 3.15. The zero-order chi connectivity index (χ0) is 20.6. The molecule has 0 spiro atoms. The predicted molar refractivity (Wildman–Crippen MR) is 109 cm³/mol. The number of carbonyl (C=O) groups is 1. The van der Waals surface area contributed by atoms with E-state index in [1.807, 2.05) is 18.2 Å². The van der Waals surface area contributed by atoms with E-state index in [0.29, 0.717) is 0 Å². The summed E-state index contributed by atoms with van der Waals surface area (Å²) < 4.78 is 32.4. The molecule has 4 rings (SSSR count). The number of hydrogen-bond donors (Lipinski definition) is 0. The molecule has 0 unspecified atom stereocenters. The predicted octanol–water partition coefficient (Wildman–Crippen LogP) is 3.84. The molecule has 1 aliphatic rings. The van der Waals surface area contributed by atoms with Gasteiger partial charge in [-0.25, -0.2) is 27.2 Å². The first-order valence-corrected chi connectivity index (χ1v) is 10.6. The van der Waals surface area contributed by atoms with E-state index in [4.69, 9.17) is 16.3 Å². The molecule has 9 heteroatoms. The fourth-order valence-electron chi connectivity index (χ4n) is 3.12. The number of carbonyl (C=O) groups excluding carboxylic acids is 1. The molecule has 1 aliphatic carbocycles. The Bertz CT molecular complexity index is 1280. The minimum Gasteiger partial charge on any atom is -0.464 e. The highest BCUT2D eigenvalue weighted by Crippen LogP contribution is 2.31. The van der Waals surface area contributed by atoms with E-state index >= 15 is 0 Å². The molecule has 0 saturated carbocycles. The van der Waals surface area contributed by atoms with E-state index in [9.17, 15) is 13.2 Å². The van der Waals surface area contributed by atoms with Crippen molar-refractivity contribution in [2.45, 2.75) is 17.7 Å². The Labute approximate surface area is 172 Å². The summed E-state index contributed by atoms with van der Waals surface area (Å²) in [6, 6.07) is 9.12. The van der Waals surface area contributed by atoms with Crippen molar-refractivity contribution in [3.05, 3.63) is 71.3 Å². The third-order valence-corrected chi connectivity index (χ3v) is 6.51. The van der Waals surface area contributed by atoms with Crippen molar-refractivity contribution in [3.8, 4) is 0 Å². The first-order valence-electron chi connectivity index (χ1n) is 8.78. The van der Waals surface area contributed by atoms with Crippen molar-refractivity contribution in [1.29, 1.82) is 0 Å². The molecule has 0 fully saturated rings. The highest BCUT2D eigenvalue weighted by Gasteiger charge is 2.29. The second kappa shape index (κ2) is 7.46. The van der Waals surface area contributed by atoms with Crippen molar-refractivity contribution in [3.63, 3.8) is 0 Å². The van der Waals surface area contributed by atoms with E-state index in [2.05, 4.69) is 9.97 Å². The number of ether oxygens (including phenoxy) is 1. The number of allylic oxidation sites excluding steroid dienone is 4. The van der Waals surface area contributed by atoms with Crippen LogP contribution in [0.4, 0.5) is 0 Å². The van der Waals surface area contributed by atoms with Crippen LogP contribution in [0.2, 0.25) is 5.15 Å². The summed E-state index contributed by atoms with van der Waals surface area (Å²) in [4.78, 5) is 21.1. The van der Waals surface area contributed by atoms with Crippen LogP contribution < -0.4 is 0 Å². The molecule has 0 radical (unpaired) electrons. The third-order valence-electron chi connectivity index (χ3n) is 4.50. The summed E-state index contributed by atoms with van der Waals surface area (Å²) >= 11 is 6.35. The molecular weight excluding hydrogens is 414 g/mol. The van der Waals surface area contributed by atoms with Gasteiger partial charge in [0.1, 0.15) is 10.8 Å². The van der Waals surface area contributed by atoms with Crippen LogP contribution in [-0.2, 0) is 14.8 Å². The summed E-state index contributed by atoms with van der Waals surface area (Å²) in [5, 5.41) is 0.299. The molecule has 0 amide bonds. The minimum atomic E-state index is -4.14. The van der Waals surface area contributed by atoms with Crippen LogP contribution >= 0.6 is 11.6 Å². The summed E-state index contributed by atoms with van der Waals surface area (Å²) in [5.74, 6) is -0.533. The van der Waals surface area contributed by atoms with Gasteiger partial charge in [-0.2, -0.15) is 0 Å². The van der Waals surface area contributed by atoms with Crippen molar-refractivity contribution in [2.75, 3.05) is 7.11 Å². The topological polar surface area (TPSA) is 91.2 Å². The Balaban J connectivity index is 2.05. The van der Waals surface area contributed by atoms with E-state index < -0.39 is 16.0 Å². The lowest BCUT2D eigenvalue weighted by atomic mass is 10.1. The third kappa shape index (κ3) is 3.34. The van der Waals surface area contributed by atoms with Gasteiger partial charge in [0.2, 0.25) is 0 Å². The van der Waals surface area contributed by atoms with Crippen LogP contribution in [0.25, 0.3) is 16.6 Å². The first kappa shape index (κ1) is 19.4. The fraction of sp³-hybridized carbons (Fsp3) is 0.150. The molecule has 2 aromatic heterocycles. The van der Waals surface area contributed by atoms with Crippen LogP contribution in [0.3, 0.4) is 0 Å². The smallest absolute Gasteiger partial charge is 0.355 e. The number of methoxy groups -OCH3 is 1. The molecule has 7 nitrogen and oxygen atoms in total. The lowest BCUT2D eigenvalue weighted by Crippen LogP contribution is -2.20. The Kier molecular flexibility index (Phi) is 4.97. The Morgan fingerprint density at radius 2 is 1.93 bits per heavy atom. The molecule has 0 saturated heterocycles. The maximum Gasteiger partial charge on any atom is 0.355 e. The monoisotopic (exact) mass is 429 g/mol. The van der Waals surface area contributed by atoms with Crippen LogP contribution in [0, 0.1) is 0 Å². The van der Waals surface area contributed by atoms with Gasteiger partial charge in [-0.3, -0.25) is 0 Å². The normalized spacial score (nSPS) is 14.1. The molecule has 0 N–H and O–H groups in total. The van der Waals surface area contributed by atoms with Crippen LogP contribution in [-0.4, -0.2) is 35.4 Å². The Morgan fingerprint density at radius 1 is 1.17 bits per heavy atom.